The lowest BCUT2D eigenvalue weighted by atomic mass is 9.99. The number of likely N-dealkylation sites (N-methyl/N-ethyl adjacent to an activating group) is 1. The van der Waals surface area contributed by atoms with Crippen molar-refractivity contribution < 1.29 is 18.3 Å². The van der Waals surface area contributed by atoms with Crippen molar-refractivity contribution in [1.29, 1.82) is 0 Å². The molecule has 4 rings (SSSR count). The number of carbonyl (C=O) groups is 1. The molecule has 0 radical (unpaired) electrons. The first-order valence-corrected chi connectivity index (χ1v) is 13.4. The molecule has 0 atom stereocenters. The van der Waals surface area contributed by atoms with Crippen LogP contribution in [0.25, 0.3) is 27.5 Å². The van der Waals surface area contributed by atoms with Crippen molar-refractivity contribution in [2.24, 2.45) is 0 Å². The molecule has 0 saturated heterocycles. The first kappa shape index (κ1) is 30.3. The maximum atomic E-state index is 15.6. The van der Waals surface area contributed by atoms with Crippen LogP contribution in [-0.4, -0.2) is 54.8 Å². The Morgan fingerprint density at radius 3 is 2.43 bits per heavy atom. The number of aromatic nitrogens is 2. The summed E-state index contributed by atoms with van der Waals surface area (Å²) in [6.07, 6.45) is 12.6. The van der Waals surface area contributed by atoms with E-state index in [9.17, 15) is 4.79 Å². The second-order valence-corrected chi connectivity index (χ2v) is 11.5. The number of ether oxygens (including phenoxy) is 1. The second-order valence-electron chi connectivity index (χ2n) is 11.5. The van der Waals surface area contributed by atoms with Crippen molar-refractivity contribution in [1.82, 2.24) is 14.9 Å². The summed E-state index contributed by atoms with van der Waals surface area (Å²) in [5, 5.41) is 0.409. The van der Waals surface area contributed by atoms with Gasteiger partial charge in [0.2, 0.25) is 0 Å². The lowest BCUT2D eigenvalue weighted by Gasteiger charge is -2.25. The van der Waals surface area contributed by atoms with Gasteiger partial charge in [0, 0.05) is 63.5 Å². The fourth-order valence-corrected chi connectivity index (χ4v) is 4.81. The van der Waals surface area contributed by atoms with E-state index >= 15 is 8.78 Å². The molecule has 0 spiro atoms. The number of nitrogens with one attached hydrogen (secondary N) is 1. The highest BCUT2D eigenvalue weighted by Crippen LogP contribution is 2.42. The molecule has 0 fully saturated rings. The molecular formula is C33H37F2N5O2. The Labute approximate surface area is 245 Å². The van der Waals surface area contributed by atoms with Crippen LogP contribution in [0.3, 0.4) is 0 Å². The van der Waals surface area contributed by atoms with E-state index in [0.717, 1.165) is 38.9 Å². The molecule has 0 saturated carbocycles. The number of allylic oxidation sites excluding steroid dienone is 8. The molecule has 1 aliphatic heterocycles. The fraction of sp³-hybridized carbons (Fsp3) is 0.273. The van der Waals surface area contributed by atoms with Crippen molar-refractivity contribution in [3.8, 4) is 0 Å². The number of aromatic amines is 1. The first-order valence-electron chi connectivity index (χ1n) is 13.4. The van der Waals surface area contributed by atoms with Gasteiger partial charge in [-0.3, -0.25) is 4.90 Å². The van der Waals surface area contributed by atoms with Crippen molar-refractivity contribution >= 4 is 45.0 Å². The maximum absolute atomic E-state index is 15.6. The third kappa shape index (κ3) is 5.72. The van der Waals surface area contributed by atoms with Gasteiger partial charge in [-0.25, -0.2) is 18.6 Å². The van der Waals surface area contributed by atoms with Crippen LogP contribution in [0, 0.1) is 11.6 Å². The van der Waals surface area contributed by atoms with E-state index in [-0.39, 0.29) is 16.6 Å². The maximum Gasteiger partial charge on any atom is 0.414 e. The normalized spacial score (nSPS) is 14.9. The third-order valence-electron chi connectivity index (χ3n) is 6.85. The summed E-state index contributed by atoms with van der Waals surface area (Å²) in [7, 11) is 7.06. The van der Waals surface area contributed by atoms with Crippen LogP contribution in [0.2, 0.25) is 0 Å². The third-order valence-corrected chi connectivity index (χ3v) is 6.85. The molecule has 7 nitrogen and oxygen atoms in total. The van der Waals surface area contributed by atoms with E-state index in [1.807, 2.05) is 68.4 Å². The summed E-state index contributed by atoms with van der Waals surface area (Å²) in [6.45, 7) is 14.9. The van der Waals surface area contributed by atoms with Crippen LogP contribution in [-0.2, 0) is 4.74 Å². The summed E-state index contributed by atoms with van der Waals surface area (Å²) < 4.78 is 36.2. The Kier molecular flexibility index (Phi) is 8.16. The molecule has 2 aromatic heterocycles. The van der Waals surface area contributed by atoms with Crippen molar-refractivity contribution in [2.45, 2.75) is 33.3 Å². The minimum Gasteiger partial charge on any atom is -0.443 e. The van der Waals surface area contributed by atoms with Crippen molar-refractivity contribution in [3.63, 3.8) is 0 Å². The van der Waals surface area contributed by atoms with Gasteiger partial charge >= 0.3 is 6.09 Å². The fourth-order valence-electron chi connectivity index (χ4n) is 4.81. The molecule has 220 valence electrons. The largest absolute Gasteiger partial charge is 0.443 e. The molecular weight excluding hydrogens is 536 g/mol. The molecule has 3 heterocycles. The van der Waals surface area contributed by atoms with Crippen molar-refractivity contribution in [3.05, 3.63) is 96.0 Å². The van der Waals surface area contributed by atoms with E-state index in [0.29, 0.717) is 16.7 Å². The predicted molar refractivity (Wildman–Crippen MR) is 169 cm³/mol. The van der Waals surface area contributed by atoms with Gasteiger partial charge in [0.25, 0.3) is 0 Å². The van der Waals surface area contributed by atoms with Gasteiger partial charge in [0.05, 0.1) is 27.7 Å². The number of fused-ring (bicyclic) bond motifs is 3. The molecule has 3 aromatic rings. The number of rotatable bonds is 6. The average Bonchev–Trinajstić information content (AvgIpc) is 3.29. The standard InChI is InChI=1S/C33H37F2N5O2/c1-11-20(19(2)3)12-14-22-15-13-21(18-39(22)9)23-17-36-31-27(30(23)38(7)8)26-28(35)24(34)16-25(29(26)37-31)40(10)32(41)42-33(4,5)6/h11-18H,1-2H2,3-10H3,(H,36,37)/b20-12+,22-14-. The van der Waals surface area contributed by atoms with Crippen LogP contribution in [0.15, 0.2) is 78.8 Å². The van der Waals surface area contributed by atoms with Crippen molar-refractivity contribution in [2.75, 3.05) is 38.0 Å². The average molecular weight is 574 g/mol. The number of hydrogen-bond donors (Lipinski definition) is 1. The SMILES string of the molecule is C=C/C(=C\C=C1\C=CC(c2cnc3[nH]c4c(N(C)C(=O)OC(C)(C)C)cc(F)c(F)c4c3c2N(C)C)=CN1C)C(=C)C. The Balaban J connectivity index is 1.90. The van der Waals surface area contributed by atoms with E-state index in [2.05, 4.69) is 23.1 Å². The van der Waals surface area contributed by atoms with E-state index in [1.54, 1.807) is 33.0 Å². The molecule has 9 heteroatoms. The predicted octanol–water partition coefficient (Wildman–Crippen LogP) is 7.85. The molecule has 1 aliphatic rings. The van der Waals surface area contributed by atoms with Gasteiger partial charge in [0.15, 0.2) is 11.6 Å². The van der Waals surface area contributed by atoms with Crippen LogP contribution < -0.4 is 9.80 Å². The Hall–Kier alpha value is -4.66. The quantitative estimate of drug-likeness (QED) is 0.304. The number of carbonyl (C=O) groups excluding carboxylic acids is 1. The highest BCUT2D eigenvalue weighted by Gasteiger charge is 2.28. The molecule has 1 N–H and O–H groups in total. The highest BCUT2D eigenvalue weighted by molar-refractivity contribution is 6.18. The van der Waals surface area contributed by atoms with Crippen LogP contribution >= 0.6 is 0 Å². The zero-order chi connectivity index (χ0) is 31.1. The van der Waals surface area contributed by atoms with Crippen LogP contribution in [0.5, 0.6) is 0 Å². The Bertz CT molecular complexity index is 1730. The summed E-state index contributed by atoms with van der Waals surface area (Å²) in [5.41, 5.74) is 4.96. The highest BCUT2D eigenvalue weighted by atomic mass is 19.2. The Morgan fingerprint density at radius 2 is 1.86 bits per heavy atom. The molecule has 1 amide bonds. The molecule has 0 unspecified atom stereocenters. The van der Waals surface area contributed by atoms with Gasteiger partial charge in [0.1, 0.15) is 11.2 Å². The summed E-state index contributed by atoms with van der Waals surface area (Å²) >= 11 is 0. The topological polar surface area (TPSA) is 64.7 Å². The van der Waals surface area contributed by atoms with Gasteiger partial charge in [-0.2, -0.15) is 0 Å². The van der Waals surface area contributed by atoms with Crippen LogP contribution in [0.4, 0.5) is 25.0 Å². The number of benzene rings is 1. The monoisotopic (exact) mass is 573 g/mol. The number of pyridine rings is 1. The van der Waals surface area contributed by atoms with E-state index in [1.165, 1.54) is 7.05 Å². The number of hydrogen-bond acceptors (Lipinski definition) is 5. The summed E-state index contributed by atoms with van der Waals surface area (Å²) in [4.78, 5) is 25.6. The second kappa shape index (κ2) is 11.3. The minimum atomic E-state index is -1.09. The lowest BCUT2D eigenvalue weighted by molar-refractivity contribution is 0.0589. The number of halogens is 2. The van der Waals surface area contributed by atoms with Gasteiger partial charge in [-0.15, -0.1) is 0 Å². The zero-order valence-corrected chi connectivity index (χ0v) is 25.4. The van der Waals surface area contributed by atoms with Crippen LogP contribution in [0.1, 0.15) is 33.3 Å². The first-order chi connectivity index (χ1) is 19.6. The number of anilines is 2. The molecule has 42 heavy (non-hydrogen) atoms. The molecule has 0 bridgehead atoms. The number of amides is 1. The smallest absolute Gasteiger partial charge is 0.414 e. The number of H-pyrrole nitrogens is 1. The minimum absolute atomic E-state index is 0.00433. The zero-order valence-electron chi connectivity index (χ0n) is 25.4. The van der Waals surface area contributed by atoms with Gasteiger partial charge < -0.3 is 19.5 Å². The lowest BCUT2D eigenvalue weighted by Crippen LogP contribution is -2.34. The Morgan fingerprint density at radius 1 is 1.17 bits per heavy atom. The van der Waals surface area contributed by atoms with E-state index < -0.39 is 23.3 Å². The molecule has 1 aromatic carbocycles. The van der Waals surface area contributed by atoms with Gasteiger partial charge in [-0.1, -0.05) is 37.0 Å². The molecule has 0 aliphatic carbocycles. The summed E-state index contributed by atoms with van der Waals surface area (Å²) in [5.74, 6) is -2.12. The number of nitrogens with zero attached hydrogens (tertiary/aromatic N) is 4. The van der Waals surface area contributed by atoms with E-state index in [4.69, 9.17) is 4.74 Å². The van der Waals surface area contributed by atoms with Gasteiger partial charge in [-0.05, 0) is 45.4 Å². The summed E-state index contributed by atoms with van der Waals surface area (Å²) in [6, 6.07) is 0.989.